The van der Waals surface area contributed by atoms with Gasteiger partial charge in [-0.25, -0.2) is 0 Å². The Balaban J connectivity index is 1.76. The molecule has 5 heteroatoms. The molecule has 0 aliphatic rings. The summed E-state index contributed by atoms with van der Waals surface area (Å²) in [5.41, 5.74) is 2.12. The Morgan fingerprint density at radius 3 is 2.50 bits per heavy atom. The number of benzene rings is 1. The van der Waals surface area contributed by atoms with Gasteiger partial charge in [-0.05, 0) is 23.1 Å². The van der Waals surface area contributed by atoms with Gasteiger partial charge in [-0.2, -0.15) is 0 Å². The maximum atomic E-state index is 5.70. The molecule has 0 spiro atoms. The number of aromatic nitrogens is 2. The molecule has 0 atom stereocenters. The molecule has 1 heterocycles. The van der Waals surface area contributed by atoms with Crippen LogP contribution in [-0.2, 0) is 5.41 Å². The lowest BCUT2D eigenvalue weighted by molar-refractivity contribution is 0.322. The number of hydrogen-bond acceptors (Lipinski definition) is 4. The fourth-order valence-corrected chi connectivity index (χ4v) is 2.10. The first-order valence-electron chi connectivity index (χ1n) is 7.24. The van der Waals surface area contributed by atoms with Gasteiger partial charge in [0.2, 0.25) is 0 Å². The second-order valence-electron chi connectivity index (χ2n) is 5.97. The van der Waals surface area contributed by atoms with Crippen molar-refractivity contribution < 1.29 is 4.74 Å². The first kappa shape index (κ1) is 16.4. The van der Waals surface area contributed by atoms with Crippen LogP contribution in [0.4, 0.5) is 0 Å². The largest absolute Gasteiger partial charge is 0.492 e. The van der Waals surface area contributed by atoms with Gasteiger partial charge in [-0.15, -0.1) is 0 Å². The number of rotatable bonds is 5. The zero-order valence-electron chi connectivity index (χ0n) is 13.2. The van der Waals surface area contributed by atoms with E-state index in [4.69, 9.17) is 17.0 Å². The summed E-state index contributed by atoms with van der Waals surface area (Å²) >= 11 is 5.24. The molecule has 2 rings (SSSR count). The van der Waals surface area contributed by atoms with Crippen molar-refractivity contribution in [2.24, 2.45) is 0 Å². The van der Waals surface area contributed by atoms with E-state index in [0.29, 0.717) is 23.8 Å². The third-order valence-corrected chi connectivity index (χ3v) is 3.53. The van der Waals surface area contributed by atoms with Crippen LogP contribution in [0.3, 0.4) is 0 Å². The monoisotopic (exact) mass is 315 g/mol. The van der Waals surface area contributed by atoms with Crippen LogP contribution in [0.2, 0.25) is 0 Å². The molecule has 0 saturated heterocycles. The maximum absolute atomic E-state index is 5.70. The summed E-state index contributed by atoms with van der Waals surface area (Å²) in [6, 6.07) is 8.21. The van der Waals surface area contributed by atoms with Crippen LogP contribution in [0.5, 0.6) is 5.75 Å². The molecule has 116 valence electrons. The standard InChI is InChI=1S/C17H21N3OS/c1-17(2,3)13-4-6-14(7-5-13)21-11-10-20-16(22)15-12-18-8-9-19-15/h4-9,12H,10-11H2,1-3H3,(H,20,22). The predicted octanol–water partition coefficient (Wildman–Crippen LogP) is 3.12. The molecular formula is C17H21N3OS. The van der Waals surface area contributed by atoms with Gasteiger partial charge in [-0.3, -0.25) is 9.97 Å². The van der Waals surface area contributed by atoms with E-state index in [-0.39, 0.29) is 5.41 Å². The first-order chi connectivity index (χ1) is 10.5. The lowest BCUT2D eigenvalue weighted by atomic mass is 9.87. The van der Waals surface area contributed by atoms with Crippen LogP contribution in [0.1, 0.15) is 32.0 Å². The second kappa shape index (κ2) is 7.31. The van der Waals surface area contributed by atoms with Crippen molar-refractivity contribution in [3.63, 3.8) is 0 Å². The van der Waals surface area contributed by atoms with Gasteiger partial charge in [0.1, 0.15) is 23.0 Å². The van der Waals surface area contributed by atoms with Gasteiger partial charge in [-0.1, -0.05) is 45.1 Å². The predicted molar refractivity (Wildman–Crippen MR) is 92.4 cm³/mol. The summed E-state index contributed by atoms with van der Waals surface area (Å²) in [5.74, 6) is 0.861. The molecule has 0 unspecified atom stereocenters. The Morgan fingerprint density at radius 1 is 1.18 bits per heavy atom. The fraction of sp³-hybridized carbons (Fsp3) is 0.353. The summed E-state index contributed by atoms with van der Waals surface area (Å²) in [6.07, 6.45) is 4.88. The number of ether oxygens (including phenoxy) is 1. The van der Waals surface area contributed by atoms with Crippen molar-refractivity contribution in [2.75, 3.05) is 13.2 Å². The minimum atomic E-state index is 0.156. The topological polar surface area (TPSA) is 47.0 Å². The average molecular weight is 315 g/mol. The zero-order valence-corrected chi connectivity index (χ0v) is 14.0. The fourth-order valence-electron chi connectivity index (χ4n) is 1.89. The molecule has 1 aromatic carbocycles. The third kappa shape index (κ3) is 4.77. The second-order valence-corrected chi connectivity index (χ2v) is 6.38. The Bertz CT molecular complexity index is 606. The van der Waals surface area contributed by atoms with Crippen LogP contribution in [0.15, 0.2) is 42.9 Å². The Labute approximate surface area is 137 Å². The van der Waals surface area contributed by atoms with Crippen LogP contribution in [0.25, 0.3) is 0 Å². The first-order valence-corrected chi connectivity index (χ1v) is 7.65. The van der Waals surface area contributed by atoms with Crippen molar-refractivity contribution in [1.29, 1.82) is 0 Å². The summed E-state index contributed by atoms with van der Waals surface area (Å²) in [7, 11) is 0. The molecular weight excluding hydrogens is 294 g/mol. The van der Waals surface area contributed by atoms with Crippen LogP contribution in [-0.4, -0.2) is 28.1 Å². The molecule has 2 aromatic rings. The molecule has 0 radical (unpaired) electrons. The number of hydrogen-bond donors (Lipinski definition) is 1. The summed E-state index contributed by atoms with van der Waals surface area (Å²) in [4.78, 5) is 8.71. The van der Waals surface area contributed by atoms with E-state index in [0.717, 1.165) is 5.75 Å². The van der Waals surface area contributed by atoms with E-state index in [1.54, 1.807) is 18.6 Å². The molecule has 0 saturated carbocycles. The highest BCUT2D eigenvalue weighted by atomic mass is 32.1. The number of nitrogens with zero attached hydrogens (tertiary/aromatic N) is 2. The molecule has 1 aromatic heterocycles. The van der Waals surface area contributed by atoms with E-state index in [2.05, 4.69) is 48.2 Å². The van der Waals surface area contributed by atoms with Crippen molar-refractivity contribution in [1.82, 2.24) is 15.3 Å². The van der Waals surface area contributed by atoms with Gasteiger partial charge in [0, 0.05) is 18.9 Å². The van der Waals surface area contributed by atoms with E-state index >= 15 is 0 Å². The number of nitrogens with one attached hydrogen (secondary N) is 1. The lowest BCUT2D eigenvalue weighted by Crippen LogP contribution is -2.28. The van der Waals surface area contributed by atoms with Gasteiger partial charge in [0.15, 0.2) is 0 Å². The third-order valence-electron chi connectivity index (χ3n) is 3.17. The minimum Gasteiger partial charge on any atom is -0.492 e. The maximum Gasteiger partial charge on any atom is 0.127 e. The van der Waals surface area contributed by atoms with E-state index in [1.165, 1.54) is 5.56 Å². The van der Waals surface area contributed by atoms with Crippen molar-refractivity contribution in [2.45, 2.75) is 26.2 Å². The summed E-state index contributed by atoms with van der Waals surface area (Å²) in [5, 5.41) is 3.11. The van der Waals surface area contributed by atoms with Gasteiger partial charge in [0.25, 0.3) is 0 Å². The lowest BCUT2D eigenvalue weighted by Gasteiger charge is -2.19. The Kier molecular flexibility index (Phi) is 5.44. The molecule has 0 amide bonds. The quantitative estimate of drug-likeness (QED) is 0.678. The Hall–Kier alpha value is -2.01. The molecule has 0 bridgehead atoms. The molecule has 4 nitrogen and oxygen atoms in total. The summed E-state index contributed by atoms with van der Waals surface area (Å²) < 4.78 is 5.70. The van der Waals surface area contributed by atoms with Crippen molar-refractivity contribution in [3.8, 4) is 5.75 Å². The molecule has 22 heavy (non-hydrogen) atoms. The van der Waals surface area contributed by atoms with Gasteiger partial charge >= 0.3 is 0 Å². The zero-order chi connectivity index (χ0) is 16.0. The van der Waals surface area contributed by atoms with Crippen LogP contribution < -0.4 is 10.1 Å². The highest BCUT2D eigenvalue weighted by Crippen LogP contribution is 2.24. The molecule has 0 fully saturated rings. The van der Waals surface area contributed by atoms with Crippen molar-refractivity contribution >= 4 is 17.2 Å². The van der Waals surface area contributed by atoms with E-state index < -0.39 is 0 Å². The van der Waals surface area contributed by atoms with Gasteiger partial charge < -0.3 is 10.1 Å². The highest BCUT2D eigenvalue weighted by Gasteiger charge is 2.12. The molecule has 0 aliphatic heterocycles. The van der Waals surface area contributed by atoms with Crippen LogP contribution in [0, 0.1) is 0 Å². The molecule has 1 N–H and O–H groups in total. The van der Waals surface area contributed by atoms with Crippen molar-refractivity contribution in [3.05, 3.63) is 54.1 Å². The smallest absolute Gasteiger partial charge is 0.127 e. The molecule has 0 aliphatic carbocycles. The highest BCUT2D eigenvalue weighted by molar-refractivity contribution is 7.80. The SMILES string of the molecule is CC(C)(C)c1ccc(OCCNC(=S)c2cnccn2)cc1. The normalized spacial score (nSPS) is 11.0. The van der Waals surface area contributed by atoms with E-state index in [1.807, 2.05) is 12.1 Å². The minimum absolute atomic E-state index is 0.156. The van der Waals surface area contributed by atoms with E-state index in [9.17, 15) is 0 Å². The summed E-state index contributed by atoms with van der Waals surface area (Å²) in [6.45, 7) is 7.74. The van der Waals surface area contributed by atoms with Crippen LogP contribution >= 0.6 is 12.2 Å². The Morgan fingerprint density at radius 2 is 1.91 bits per heavy atom. The number of thiocarbonyl (C=S) groups is 1. The van der Waals surface area contributed by atoms with Gasteiger partial charge in [0.05, 0.1) is 6.20 Å². The average Bonchev–Trinajstić information content (AvgIpc) is 2.52.